The van der Waals surface area contributed by atoms with Crippen LogP contribution in [-0.2, 0) is 14.2 Å². The molecule has 0 aromatic heterocycles. The van der Waals surface area contributed by atoms with Gasteiger partial charge in [-0.25, -0.2) is 0 Å². The summed E-state index contributed by atoms with van der Waals surface area (Å²) in [6.45, 7) is 13.4. The Morgan fingerprint density at radius 2 is 1.21 bits per heavy atom. The molecule has 5 nitrogen and oxygen atoms in total. The van der Waals surface area contributed by atoms with Crippen LogP contribution in [0.4, 0.5) is 0 Å². The van der Waals surface area contributed by atoms with Crippen molar-refractivity contribution in [2.45, 2.75) is 71.4 Å². The lowest BCUT2D eigenvalue weighted by atomic mass is 9.79. The van der Waals surface area contributed by atoms with Crippen LogP contribution in [0.15, 0.2) is 0 Å². The molecule has 0 rings (SSSR count). The van der Waals surface area contributed by atoms with Gasteiger partial charge in [-0.15, -0.1) is 0 Å². The molecule has 4 unspecified atom stereocenters. The van der Waals surface area contributed by atoms with Gasteiger partial charge in [0.25, 0.3) is 0 Å². The lowest BCUT2D eigenvalue weighted by molar-refractivity contribution is -0.0927. The topological polar surface area (TPSA) is 79.7 Å². The molecule has 0 aliphatic heterocycles. The number of ether oxygens (including phenoxy) is 3. The zero-order valence-corrected chi connectivity index (χ0v) is 13.3. The summed E-state index contributed by atoms with van der Waals surface area (Å²) in [7, 11) is 0. The summed E-state index contributed by atoms with van der Waals surface area (Å²) in [4.78, 5) is 0. The quantitative estimate of drug-likeness (QED) is 0.628. The van der Waals surface area contributed by atoms with Gasteiger partial charge in [0.15, 0.2) is 0 Å². The summed E-state index contributed by atoms with van der Waals surface area (Å²) in [6, 6.07) is -0.365. The Balaban J connectivity index is 5.12. The van der Waals surface area contributed by atoms with E-state index < -0.39 is 5.54 Å². The van der Waals surface area contributed by atoms with Crippen LogP contribution < -0.4 is 11.5 Å². The van der Waals surface area contributed by atoms with Crippen molar-refractivity contribution in [3.63, 3.8) is 0 Å². The fourth-order valence-corrected chi connectivity index (χ4v) is 2.43. The van der Waals surface area contributed by atoms with E-state index in [1.165, 1.54) is 0 Å². The van der Waals surface area contributed by atoms with Gasteiger partial charge in [0.2, 0.25) is 0 Å². The van der Waals surface area contributed by atoms with Gasteiger partial charge in [0, 0.05) is 19.8 Å². The second-order valence-electron chi connectivity index (χ2n) is 4.88. The lowest BCUT2D eigenvalue weighted by Gasteiger charge is -2.45. The number of hydrogen-bond donors (Lipinski definition) is 2. The van der Waals surface area contributed by atoms with Crippen molar-refractivity contribution in [1.82, 2.24) is 0 Å². The Hall–Kier alpha value is -0.200. The minimum absolute atomic E-state index is 0.152. The van der Waals surface area contributed by atoms with Gasteiger partial charge in [-0.3, -0.25) is 0 Å². The molecule has 4 atom stereocenters. The van der Waals surface area contributed by atoms with E-state index in [1.54, 1.807) is 0 Å². The van der Waals surface area contributed by atoms with Crippen molar-refractivity contribution in [2.75, 3.05) is 19.8 Å². The van der Waals surface area contributed by atoms with Crippen molar-refractivity contribution < 1.29 is 14.2 Å². The second kappa shape index (κ2) is 8.87. The Morgan fingerprint density at radius 3 is 1.53 bits per heavy atom. The van der Waals surface area contributed by atoms with E-state index in [1.807, 2.05) is 41.5 Å². The summed E-state index contributed by atoms with van der Waals surface area (Å²) >= 11 is 0. The Labute approximate surface area is 118 Å². The van der Waals surface area contributed by atoms with Gasteiger partial charge in [-0.1, -0.05) is 0 Å². The molecule has 0 amide bonds. The monoisotopic (exact) mass is 276 g/mol. The first-order valence-corrected chi connectivity index (χ1v) is 7.25. The summed E-state index contributed by atoms with van der Waals surface area (Å²) in [5, 5.41) is 0. The summed E-state index contributed by atoms with van der Waals surface area (Å²) in [6.07, 6.45) is -0.574. The van der Waals surface area contributed by atoms with E-state index in [0.29, 0.717) is 19.8 Å². The average molecular weight is 276 g/mol. The molecule has 0 bridgehead atoms. The van der Waals surface area contributed by atoms with E-state index in [4.69, 9.17) is 25.7 Å². The predicted octanol–water partition coefficient (Wildman–Crippen LogP) is 1.29. The van der Waals surface area contributed by atoms with Crippen LogP contribution in [0.2, 0.25) is 0 Å². The Kier molecular flexibility index (Phi) is 8.78. The zero-order chi connectivity index (χ0) is 15.1. The molecule has 0 saturated carbocycles. The lowest BCUT2D eigenvalue weighted by Crippen LogP contribution is -2.72. The first-order chi connectivity index (χ1) is 8.85. The molecule has 0 saturated heterocycles. The minimum atomic E-state index is -0.791. The molecule has 19 heavy (non-hydrogen) atoms. The van der Waals surface area contributed by atoms with Crippen LogP contribution in [0.25, 0.3) is 0 Å². The summed E-state index contributed by atoms with van der Waals surface area (Å²) < 4.78 is 17.0. The molecule has 0 aromatic rings. The molecule has 5 heteroatoms. The van der Waals surface area contributed by atoms with Crippen molar-refractivity contribution in [3.8, 4) is 0 Å². The van der Waals surface area contributed by atoms with Gasteiger partial charge in [-0.05, 0) is 41.5 Å². The summed E-state index contributed by atoms with van der Waals surface area (Å²) in [5.74, 6) is 0. The third-order valence-corrected chi connectivity index (χ3v) is 3.75. The fraction of sp³-hybridized carbons (Fsp3) is 1.00. The fourth-order valence-electron chi connectivity index (χ4n) is 2.43. The van der Waals surface area contributed by atoms with Crippen LogP contribution in [0.5, 0.6) is 0 Å². The predicted molar refractivity (Wildman–Crippen MR) is 78.2 cm³/mol. The molecule has 4 N–H and O–H groups in total. The van der Waals surface area contributed by atoms with Crippen LogP contribution in [0.3, 0.4) is 0 Å². The molecule has 0 fully saturated rings. The number of hydrogen-bond acceptors (Lipinski definition) is 5. The van der Waals surface area contributed by atoms with E-state index >= 15 is 0 Å². The highest BCUT2D eigenvalue weighted by atomic mass is 16.5. The smallest absolute Gasteiger partial charge is 0.0858 e. The first kappa shape index (κ1) is 18.8. The summed E-state index contributed by atoms with van der Waals surface area (Å²) in [5.41, 5.74) is 12.1. The molecule has 0 radical (unpaired) electrons. The molecule has 0 aliphatic rings. The van der Waals surface area contributed by atoms with Gasteiger partial charge in [0.1, 0.15) is 0 Å². The van der Waals surface area contributed by atoms with Gasteiger partial charge < -0.3 is 25.7 Å². The maximum absolute atomic E-state index is 6.58. The number of nitrogens with two attached hydrogens (primary N) is 2. The highest BCUT2D eigenvalue weighted by Crippen LogP contribution is 2.24. The molecule has 0 spiro atoms. The molecule has 0 aromatic carbocycles. The van der Waals surface area contributed by atoms with E-state index in [9.17, 15) is 0 Å². The van der Waals surface area contributed by atoms with E-state index in [0.717, 1.165) is 0 Å². The minimum Gasteiger partial charge on any atom is -0.377 e. The molecule has 0 aliphatic carbocycles. The molecular weight excluding hydrogens is 244 g/mol. The van der Waals surface area contributed by atoms with Crippen molar-refractivity contribution >= 4 is 0 Å². The van der Waals surface area contributed by atoms with Crippen molar-refractivity contribution in [1.29, 1.82) is 0 Å². The second-order valence-corrected chi connectivity index (χ2v) is 4.88. The van der Waals surface area contributed by atoms with Crippen LogP contribution in [0.1, 0.15) is 41.5 Å². The first-order valence-electron chi connectivity index (χ1n) is 7.25. The van der Waals surface area contributed by atoms with E-state index in [2.05, 4.69) is 0 Å². The number of rotatable bonds is 10. The highest BCUT2D eigenvalue weighted by Gasteiger charge is 2.46. The van der Waals surface area contributed by atoms with Crippen LogP contribution >= 0.6 is 0 Å². The largest absolute Gasteiger partial charge is 0.377 e. The molecular formula is C14H32N2O3. The van der Waals surface area contributed by atoms with Crippen LogP contribution in [-0.4, -0.2) is 49.7 Å². The standard InChI is InChI=1S/C14H32N2O3/c1-7-17-10(4)13(15)14(16,11(5)18-8-2)12(6)19-9-3/h10-13H,7-9,15-16H2,1-6H3. The Bertz CT molecular complexity index is 227. The highest BCUT2D eigenvalue weighted by molar-refractivity contribution is 5.06. The van der Waals surface area contributed by atoms with Crippen molar-refractivity contribution in [3.05, 3.63) is 0 Å². The van der Waals surface area contributed by atoms with Crippen LogP contribution in [0, 0.1) is 0 Å². The maximum Gasteiger partial charge on any atom is 0.0858 e. The average Bonchev–Trinajstić information content (AvgIpc) is 2.37. The Morgan fingerprint density at radius 1 is 0.842 bits per heavy atom. The normalized spacial score (nSPS) is 21.5. The maximum atomic E-state index is 6.58. The van der Waals surface area contributed by atoms with Gasteiger partial charge in [0.05, 0.1) is 29.9 Å². The third kappa shape index (κ3) is 4.68. The molecule has 116 valence electrons. The SMILES string of the molecule is CCOC(C)C(N)C(N)(C(C)OCC)C(C)OCC. The van der Waals surface area contributed by atoms with Gasteiger partial charge >= 0.3 is 0 Å². The van der Waals surface area contributed by atoms with E-state index in [-0.39, 0.29) is 24.4 Å². The zero-order valence-electron chi connectivity index (χ0n) is 13.3. The van der Waals surface area contributed by atoms with Gasteiger partial charge in [-0.2, -0.15) is 0 Å². The van der Waals surface area contributed by atoms with Crippen molar-refractivity contribution in [2.24, 2.45) is 11.5 Å². The third-order valence-electron chi connectivity index (χ3n) is 3.75. The molecule has 0 heterocycles.